The lowest BCUT2D eigenvalue weighted by Gasteiger charge is -2.14. The average molecular weight is 482 g/mol. The molecule has 7 nitrogen and oxygen atoms in total. The Hall–Kier alpha value is -4.47. The van der Waals surface area contributed by atoms with Crippen molar-refractivity contribution < 1.29 is 13.2 Å². The topological polar surface area (TPSA) is 104 Å². The number of nitrogens with two attached hydrogens (primary N) is 1. The molecule has 0 unspecified atom stereocenters. The first-order chi connectivity index (χ1) is 16.6. The van der Waals surface area contributed by atoms with E-state index in [0.717, 1.165) is 34.3 Å². The summed E-state index contributed by atoms with van der Waals surface area (Å²) in [6.45, 7) is 9.00. The van der Waals surface area contributed by atoms with E-state index < -0.39 is 11.7 Å². The fraction of sp³-hybridized carbons (Fsp3) is 0.120. The molecule has 0 fully saturated rings. The molecule has 0 amide bonds. The maximum absolute atomic E-state index is 12.4. The van der Waals surface area contributed by atoms with Crippen LogP contribution in [0.1, 0.15) is 12.5 Å². The summed E-state index contributed by atoms with van der Waals surface area (Å²) in [6, 6.07) is 13.4. The number of nitrogens with one attached hydrogen (secondary N) is 4. The largest absolute Gasteiger partial charge is 0.416 e. The number of benzene rings is 2. The van der Waals surface area contributed by atoms with Gasteiger partial charge in [0.25, 0.3) is 0 Å². The highest BCUT2D eigenvalue weighted by atomic mass is 19.4. The number of H-pyrrole nitrogens is 1. The number of pyridine rings is 1. The van der Waals surface area contributed by atoms with Gasteiger partial charge in [0.05, 0.1) is 22.3 Å². The summed E-state index contributed by atoms with van der Waals surface area (Å²) in [5.41, 5.74) is 10.6. The fourth-order valence-electron chi connectivity index (χ4n) is 3.34. The molecule has 4 rings (SSSR count). The third kappa shape index (κ3) is 6.11. The average Bonchev–Trinajstić information content (AvgIpc) is 3.20. The van der Waals surface area contributed by atoms with E-state index in [9.17, 15) is 13.2 Å². The van der Waals surface area contributed by atoms with Gasteiger partial charge in [0.2, 0.25) is 0 Å². The van der Waals surface area contributed by atoms with Gasteiger partial charge in [0, 0.05) is 24.6 Å². The van der Waals surface area contributed by atoms with Crippen molar-refractivity contribution >= 4 is 33.9 Å². The number of allylic oxidation sites excluding steroid dienone is 1. The Bertz CT molecular complexity index is 1330. The molecule has 2 aromatic carbocycles. The number of alkyl halides is 3. The van der Waals surface area contributed by atoms with Crippen molar-refractivity contribution in [3.8, 4) is 11.1 Å². The molecule has 182 valence electrons. The highest BCUT2D eigenvalue weighted by molar-refractivity contribution is 5.99. The summed E-state index contributed by atoms with van der Waals surface area (Å²) in [5.74, 6) is 0.534. The van der Waals surface area contributed by atoms with E-state index in [-0.39, 0.29) is 0 Å². The minimum absolute atomic E-state index is 0.387. The summed E-state index contributed by atoms with van der Waals surface area (Å²) in [7, 11) is 1.57. The number of halogens is 3. The second kappa shape index (κ2) is 10.6. The van der Waals surface area contributed by atoms with Gasteiger partial charge in [0.15, 0.2) is 5.65 Å². The summed E-state index contributed by atoms with van der Waals surface area (Å²) in [6.07, 6.45) is -0.949. The predicted octanol–water partition coefficient (Wildman–Crippen LogP) is 6.46. The van der Waals surface area contributed by atoms with E-state index in [0.29, 0.717) is 28.5 Å². The van der Waals surface area contributed by atoms with Gasteiger partial charge in [-0.2, -0.15) is 18.3 Å². The molecule has 0 aliphatic heterocycles. The first kappa shape index (κ1) is 25.2. The molecule has 35 heavy (non-hydrogen) atoms. The van der Waals surface area contributed by atoms with E-state index in [4.69, 9.17) is 5.73 Å². The number of fused-ring (bicyclic) bond motifs is 1. The van der Waals surface area contributed by atoms with Crippen molar-refractivity contribution in [2.75, 3.05) is 28.7 Å². The van der Waals surface area contributed by atoms with Crippen LogP contribution >= 0.6 is 0 Å². The van der Waals surface area contributed by atoms with Crippen LogP contribution < -0.4 is 21.7 Å². The monoisotopic (exact) mass is 481 g/mol. The molecule has 2 aromatic heterocycles. The Labute approximate surface area is 201 Å². The van der Waals surface area contributed by atoms with Gasteiger partial charge >= 0.3 is 6.18 Å². The van der Waals surface area contributed by atoms with Crippen LogP contribution in [0.5, 0.6) is 0 Å². The van der Waals surface area contributed by atoms with E-state index in [2.05, 4.69) is 44.3 Å². The molecule has 0 bridgehead atoms. The molecule has 10 heteroatoms. The van der Waals surface area contributed by atoms with E-state index in [1.807, 2.05) is 30.3 Å². The Balaban J connectivity index is 0.000000199. The van der Waals surface area contributed by atoms with Crippen molar-refractivity contribution in [1.82, 2.24) is 15.2 Å². The standard InChI is InChI=1S/C14H13N5.C11H13F3N2/c1-2-16-10-5-3-9(4-6-10)11-7-8-17-14-12(11)13(15)18-19-14;1-7(2)16-9-5-4-8(11(12,13)14)6-10(9)15-3/h2-8,16H,1H2,(H3,15,17,18,19);4-6,15-16H,1H2,2-3H3. The number of nitrogen functional groups attached to an aromatic ring is 1. The number of aromatic amines is 1. The van der Waals surface area contributed by atoms with Crippen molar-refractivity contribution in [1.29, 1.82) is 0 Å². The van der Waals surface area contributed by atoms with Gasteiger partial charge < -0.3 is 21.7 Å². The lowest BCUT2D eigenvalue weighted by Crippen LogP contribution is -2.07. The van der Waals surface area contributed by atoms with Crippen LogP contribution in [0, 0.1) is 0 Å². The molecule has 6 N–H and O–H groups in total. The normalized spacial score (nSPS) is 10.8. The zero-order valence-corrected chi connectivity index (χ0v) is 19.3. The van der Waals surface area contributed by atoms with Crippen LogP contribution in [-0.4, -0.2) is 22.2 Å². The lowest BCUT2D eigenvalue weighted by atomic mass is 10.0. The van der Waals surface area contributed by atoms with Gasteiger partial charge in [-0.05, 0) is 60.6 Å². The van der Waals surface area contributed by atoms with Crippen LogP contribution in [0.25, 0.3) is 22.2 Å². The maximum Gasteiger partial charge on any atom is 0.416 e. The fourth-order valence-corrected chi connectivity index (χ4v) is 3.34. The highest BCUT2D eigenvalue weighted by Crippen LogP contribution is 2.34. The molecule has 0 radical (unpaired) electrons. The SMILES string of the molecule is C=C(C)Nc1ccc(C(F)(F)F)cc1NC.C=CNc1ccc(-c2ccnc3n[nH]c(N)c23)cc1. The number of hydrogen-bond donors (Lipinski definition) is 5. The Kier molecular flexibility index (Phi) is 7.65. The lowest BCUT2D eigenvalue weighted by molar-refractivity contribution is -0.137. The first-order valence-electron chi connectivity index (χ1n) is 10.5. The van der Waals surface area contributed by atoms with Gasteiger partial charge in [-0.25, -0.2) is 4.98 Å². The number of anilines is 4. The minimum Gasteiger partial charge on any atom is -0.386 e. The molecule has 4 aromatic rings. The zero-order valence-electron chi connectivity index (χ0n) is 19.3. The maximum atomic E-state index is 12.4. The second-order valence-corrected chi connectivity index (χ2v) is 7.53. The summed E-state index contributed by atoms with van der Waals surface area (Å²) < 4.78 is 37.3. The van der Waals surface area contributed by atoms with Crippen LogP contribution in [0.4, 0.5) is 36.1 Å². The van der Waals surface area contributed by atoms with Crippen LogP contribution in [0.3, 0.4) is 0 Å². The number of hydrogen-bond acceptors (Lipinski definition) is 6. The zero-order chi connectivity index (χ0) is 25.6. The number of rotatable bonds is 6. The summed E-state index contributed by atoms with van der Waals surface area (Å²) in [4.78, 5) is 4.19. The Morgan fingerprint density at radius 3 is 2.40 bits per heavy atom. The Morgan fingerprint density at radius 2 is 1.80 bits per heavy atom. The van der Waals surface area contributed by atoms with Crippen LogP contribution in [0.2, 0.25) is 0 Å². The molecule has 0 aliphatic rings. The van der Waals surface area contributed by atoms with Crippen molar-refractivity contribution in [2.45, 2.75) is 13.1 Å². The highest BCUT2D eigenvalue weighted by Gasteiger charge is 2.30. The number of aromatic nitrogens is 3. The molecule has 0 aliphatic carbocycles. The van der Waals surface area contributed by atoms with Crippen LogP contribution in [-0.2, 0) is 6.18 Å². The molecule has 0 saturated heterocycles. The third-order valence-electron chi connectivity index (χ3n) is 4.91. The first-order valence-corrected chi connectivity index (χ1v) is 10.5. The van der Waals surface area contributed by atoms with Gasteiger partial charge in [-0.1, -0.05) is 25.3 Å². The van der Waals surface area contributed by atoms with Gasteiger partial charge in [-0.3, -0.25) is 5.10 Å². The van der Waals surface area contributed by atoms with Gasteiger partial charge in [-0.15, -0.1) is 0 Å². The van der Waals surface area contributed by atoms with Crippen molar-refractivity contribution in [3.63, 3.8) is 0 Å². The van der Waals surface area contributed by atoms with E-state index in [1.54, 1.807) is 26.4 Å². The smallest absolute Gasteiger partial charge is 0.386 e. The quantitative estimate of drug-likeness (QED) is 0.217. The molecule has 0 spiro atoms. The molecule has 2 heterocycles. The van der Waals surface area contributed by atoms with E-state index >= 15 is 0 Å². The molecular formula is C25H26F3N7. The summed E-state index contributed by atoms with van der Waals surface area (Å²) >= 11 is 0. The van der Waals surface area contributed by atoms with Crippen molar-refractivity contribution in [3.05, 3.63) is 85.3 Å². The Morgan fingerprint density at radius 1 is 1.09 bits per heavy atom. The van der Waals surface area contributed by atoms with Crippen molar-refractivity contribution in [2.24, 2.45) is 0 Å². The molecular weight excluding hydrogens is 455 g/mol. The summed E-state index contributed by atoms with van der Waals surface area (Å²) in [5, 5.41) is 16.3. The van der Waals surface area contributed by atoms with Gasteiger partial charge in [0.1, 0.15) is 5.82 Å². The van der Waals surface area contributed by atoms with E-state index in [1.165, 1.54) is 6.07 Å². The minimum atomic E-state index is -4.33. The molecule has 0 saturated carbocycles. The second-order valence-electron chi connectivity index (χ2n) is 7.53. The molecule has 0 atom stereocenters. The predicted molar refractivity (Wildman–Crippen MR) is 137 cm³/mol. The van der Waals surface area contributed by atoms with Crippen LogP contribution in [0.15, 0.2) is 79.8 Å². The third-order valence-corrected chi connectivity index (χ3v) is 4.91. The number of nitrogens with zero attached hydrogens (tertiary/aromatic N) is 2.